The Labute approximate surface area is 166 Å². The lowest BCUT2D eigenvalue weighted by Gasteiger charge is -2.37. The summed E-state index contributed by atoms with van der Waals surface area (Å²) in [6.45, 7) is 0.101. The zero-order valence-electron chi connectivity index (χ0n) is 14.4. The molecule has 5 nitrogen and oxygen atoms in total. The average Bonchev–Trinajstić information content (AvgIpc) is 3.42. The van der Waals surface area contributed by atoms with Crippen LogP contribution in [0.15, 0.2) is 30.4 Å². The average molecular weight is 405 g/mol. The first kappa shape index (κ1) is 17.3. The Hall–Kier alpha value is -1.85. The number of anilines is 1. The van der Waals surface area contributed by atoms with E-state index in [0.717, 1.165) is 6.42 Å². The van der Waals surface area contributed by atoms with E-state index in [1.165, 1.54) is 4.90 Å². The summed E-state index contributed by atoms with van der Waals surface area (Å²) in [7, 11) is 0. The van der Waals surface area contributed by atoms with E-state index < -0.39 is 0 Å². The summed E-state index contributed by atoms with van der Waals surface area (Å²) in [6, 6.07) is 4.81. The van der Waals surface area contributed by atoms with Crippen LogP contribution in [-0.4, -0.2) is 29.2 Å². The first-order valence-corrected chi connectivity index (χ1v) is 10.00. The highest BCUT2D eigenvalue weighted by molar-refractivity contribution is 6.35. The summed E-state index contributed by atoms with van der Waals surface area (Å²) in [5, 5.41) is 3.54. The van der Waals surface area contributed by atoms with E-state index in [9.17, 15) is 14.4 Å². The molecule has 1 aromatic carbocycles. The fourth-order valence-electron chi connectivity index (χ4n) is 5.26. The molecule has 1 N–H and O–H groups in total. The van der Waals surface area contributed by atoms with Crippen molar-refractivity contribution in [3.05, 3.63) is 40.4 Å². The van der Waals surface area contributed by atoms with Crippen molar-refractivity contribution in [3.8, 4) is 0 Å². The minimum absolute atomic E-state index is 0.0371. The van der Waals surface area contributed by atoms with Gasteiger partial charge >= 0.3 is 0 Å². The van der Waals surface area contributed by atoms with Gasteiger partial charge in [0, 0.05) is 18.0 Å². The van der Waals surface area contributed by atoms with Crippen molar-refractivity contribution >= 4 is 46.6 Å². The normalized spacial score (nSPS) is 35.3. The molecule has 3 amide bonds. The number of amides is 3. The third-order valence-electron chi connectivity index (χ3n) is 6.52. The van der Waals surface area contributed by atoms with Crippen molar-refractivity contribution < 1.29 is 14.4 Å². The van der Waals surface area contributed by atoms with E-state index in [0.29, 0.717) is 27.6 Å². The Morgan fingerprint density at radius 1 is 1.07 bits per heavy atom. The van der Waals surface area contributed by atoms with Gasteiger partial charge in [0.25, 0.3) is 0 Å². The highest BCUT2D eigenvalue weighted by Crippen LogP contribution is 2.65. The van der Waals surface area contributed by atoms with Crippen molar-refractivity contribution in [2.24, 2.45) is 35.5 Å². The monoisotopic (exact) mass is 404 g/mol. The molecule has 1 aliphatic heterocycles. The molecule has 1 aromatic rings. The number of imide groups is 1. The number of halogens is 2. The highest BCUT2D eigenvalue weighted by atomic mass is 35.5. The van der Waals surface area contributed by atoms with Crippen molar-refractivity contribution in [2.45, 2.75) is 12.8 Å². The third kappa shape index (κ3) is 2.63. The number of hydrogen-bond acceptors (Lipinski definition) is 3. The largest absolute Gasteiger partial charge is 0.325 e. The maximum absolute atomic E-state index is 12.9. The van der Waals surface area contributed by atoms with Gasteiger partial charge in [-0.05, 0) is 48.3 Å². The number of likely N-dealkylation sites (tertiary alicyclic amines) is 1. The number of carbonyl (C=O) groups excluding carboxylic acids is 3. The first-order valence-electron chi connectivity index (χ1n) is 9.24. The van der Waals surface area contributed by atoms with Crippen LogP contribution in [0.4, 0.5) is 5.69 Å². The second-order valence-corrected chi connectivity index (χ2v) is 8.75. The topological polar surface area (TPSA) is 66.5 Å². The van der Waals surface area contributed by atoms with Gasteiger partial charge in [-0.1, -0.05) is 35.4 Å². The van der Waals surface area contributed by atoms with E-state index >= 15 is 0 Å². The Bertz CT molecular complexity index is 863. The van der Waals surface area contributed by atoms with Gasteiger partial charge in [0.1, 0.15) is 0 Å². The Kier molecular flexibility index (Phi) is 3.89. The van der Waals surface area contributed by atoms with Crippen molar-refractivity contribution in [3.63, 3.8) is 0 Å². The van der Waals surface area contributed by atoms with E-state index in [2.05, 4.69) is 17.5 Å². The molecule has 140 valence electrons. The summed E-state index contributed by atoms with van der Waals surface area (Å²) in [4.78, 5) is 39.3. The minimum Gasteiger partial charge on any atom is -0.325 e. The lowest BCUT2D eigenvalue weighted by molar-refractivity contribution is -0.140. The standard InChI is InChI=1S/C20H18Cl2N2O3/c21-9-1-4-14(22)15(7-9)23-16(25)5-6-24-19(26)17-10-2-3-11(13-8-12(10)13)18(17)20(24)27/h1-4,7,10-13,17-18H,5-6,8H2,(H,23,25)/t10-,11+,12-,13-,17+,18-/m1/s1. The number of nitrogens with zero attached hydrogens (tertiary/aromatic N) is 1. The molecular formula is C20H18Cl2N2O3. The summed E-state index contributed by atoms with van der Waals surface area (Å²) >= 11 is 12.0. The van der Waals surface area contributed by atoms with Gasteiger partial charge in [-0.25, -0.2) is 0 Å². The number of nitrogens with one attached hydrogen (secondary N) is 1. The lowest BCUT2D eigenvalue weighted by atomic mass is 9.63. The Morgan fingerprint density at radius 2 is 1.70 bits per heavy atom. The number of carbonyl (C=O) groups is 3. The number of hydrogen-bond donors (Lipinski definition) is 1. The van der Waals surface area contributed by atoms with Gasteiger partial charge in [-0.2, -0.15) is 0 Å². The zero-order chi connectivity index (χ0) is 18.9. The molecule has 27 heavy (non-hydrogen) atoms. The molecular weight excluding hydrogens is 387 g/mol. The molecule has 3 fully saturated rings. The molecule has 6 atom stereocenters. The van der Waals surface area contributed by atoms with Crippen molar-refractivity contribution in [1.82, 2.24) is 4.90 Å². The van der Waals surface area contributed by atoms with Crippen LogP contribution in [0.2, 0.25) is 10.0 Å². The molecule has 1 saturated heterocycles. The van der Waals surface area contributed by atoms with Crippen molar-refractivity contribution in [1.29, 1.82) is 0 Å². The van der Waals surface area contributed by atoms with Crippen LogP contribution >= 0.6 is 23.2 Å². The number of benzene rings is 1. The maximum Gasteiger partial charge on any atom is 0.233 e. The molecule has 0 unspecified atom stereocenters. The summed E-state index contributed by atoms with van der Waals surface area (Å²) in [5.74, 6) is 0.585. The predicted octanol–water partition coefficient (Wildman–Crippen LogP) is 3.38. The zero-order valence-corrected chi connectivity index (χ0v) is 15.9. The summed E-state index contributed by atoms with van der Waals surface area (Å²) in [5.41, 5.74) is 0.421. The number of rotatable bonds is 4. The van der Waals surface area contributed by atoms with Crippen LogP contribution in [-0.2, 0) is 14.4 Å². The fraction of sp³-hybridized carbons (Fsp3) is 0.450. The van der Waals surface area contributed by atoms with Crippen LogP contribution in [0.1, 0.15) is 12.8 Å². The first-order chi connectivity index (χ1) is 13.0. The smallest absolute Gasteiger partial charge is 0.233 e. The van der Waals surface area contributed by atoms with Gasteiger partial charge in [0.05, 0.1) is 22.5 Å². The molecule has 2 bridgehead atoms. The minimum atomic E-state index is -0.307. The molecule has 4 aliphatic carbocycles. The van der Waals surface area contributed by atoms with Crippen molar-refractivity contribution in [2.75, 3.05) is 11.9 Å². The molecule has 2 saturated carbocycles. The summed E-state index contributed by atoms with van der Waals surface area (Å²) in [6.07, 6.45) is 5.46. The van der Waals surface area contributed by atoms with Gasteiger partial charge in [-0.3, -0.25) is 19.3 Å². The SMILES string of the molecule is O=C(CCN1C(=O)[C@@H]2[C@H]3C=C[C@H]([C@H]4C[C@H]34)[C@@H]2C1=O)Nc1cc(Cl)ccc1Cl. The predicted molar refractivity (Wildman–Crippen MR) is 101 cm³/mol. The van der Waals surface area contributed by atoms with E-state index in [1.807, 2.05) is 0 Å². The number of allylic oxidation sites excluding steroid dienone is 2. The molecule has 0 spiro atoms. The molecule has 6 rings (SSSR count). The van der Waals surface area contributed by atoms with Gasteiger partial charge in [0.15, 0.2) is 0 Å². The Balaban J connectivity index is 1.26. The Morgan fingerprint density at radius 3 is 2.33 bits per heavy atom. The maximum atomic E-state index is 12.9. The van der Waals surface area contributed by atoms with E-state index in [1.54, 1.807) is 18.2 Å². The van der Waals surface area contributed by atoms with Gasteiger partial charge < -0.3 is 5.32 Å². The molecule has 0 radical (unpaired) electrons. The molecule has 1 heterocycles. The fourth-order valence-corrected chi connectivity index (χ4v) is 5.60. The van der Waals surface area contributed by atoms with Crippen LogP contribution in [0.5, 0.6) is 0 Å². The quantitative estimate of drug-likeness (QED) is 0.617. The second kappa shape index (κ2) is 6.08. The molecule has 5 aliphatic rings. The second-order valence-electron chi connectivity index (χ2n) is 7.91. The van der Waals surface area contributed by atoms with Crippen LogP contribution in [0.3, 0.4) is 0 Å². The van der Waals surface area contributed by atoms with Gasteiger partial charge in [-0.15, -0.1) is 0 Å². The van der Waals surface area contributed by atoms with Crippen LogP contribution < -0.4 is 5.32 Å². The van der Waals surface area contributed by atoms with Crippen LogP contribution in [0, 0.1) is 35.5 Å². The molecule has 7 heteroatoms. The summed E-state index contributed by atoms with van der Waals surface area (Å²) < 4.78 is 0. The van der Waals surface area contributed by atoms with E-state index in [-0.39, 0.29) is 54.4 Å². The highest BCUT2D eigenvalue weighted by Gasteiger charge is 2.66. The lowest BCUT2D eigenvalue weighted by Crippen LogP contribution is -2.40. The van der Waals surface area contributed by atoms with Gasteiger partial charge in [0.2, 0.25) is 17.7 Å². The molecule has 0 aromatic heterocycles. The van der Waals surface area contributed by atoms with Crippen LogP contribution in [0.25, 0.3) is 0 Å². The third-order valence-corrected chi connectivity index (χ3v) is 7.08. The van der Waals surface area contributed by atoms with E-state index in [4.69, 9.17) is 23.2 Å².